The molecule has 1 heterocycles. The number of hydrogen-bond acceptors (Lipinski definition) is 9. The van der Waals surface area contributed by atoms with Crippen molar-refractivity contribution in [3.8, 4) is 11.5 Å². The molecule has 1 N–H and O–H groups in total. The van der Waals surface area contributed by atoms with Gasteiger partial charge in [-0.05, 0) is 36.4 Å². The maximum absolute atomic E-state index is 12.5. The molecule has 11 heteroatoms. The molecule has 0 aliphatic carbocycles. The quantitative estimate of drug-likeness (QED) is 0.133. The molecule has 178 valence electrons. The van der Waals surface area contributed by atoms with Crippen LogP contribution in [-0.2, 0) is 4.79 Å². The summed E-state index contributed by atoms with van der Waals surface area (Å²) in [4.78, 5) is 32.2. The van der Waals surface area contributed by atoms with Gasteiger partial charge in [0.05, 0.1) is 52.1 Å². The predicted molar refractivity (Wildman–Crippen MR) is 139 cm³/mol. The summed E-state index contributed by atoms with van der Waals surface area (Å²) in [5.74, 6) is 1.12. The topological polar surface area (TPSA) is 116 Å². The number of aromatic nitrogens is 1. The number of methoxy groups -OCH3 is 2. The lowest BCUT2D eigenvalue weighted by molar-refractivity contribution is -0.385. The van der Waals surface area contributed by atoms with Crippen molar-refractivity contribution in [3.05, 3.63) is 76.3 Å². The third kappa shape index (κ3) is 5.94. The maximum atomic E-state index is 12.5. The summed E-state index contributed by atoms with van der Waals surface area (Å²) in [6, 6.07) is 17.1. The summed E-state index contributed by atoms with van der Waals surface area (Å²) in [6.45, 7) is 0. The molecule has 3 aromatic carbocycles. The van der Waals surface area contributed by atoms with E-state index >= 15 is 0 Å². The van der Waals surface area contributed by atoms with Gasteiger partial charge in [-0.3, -0.25) is 19.9 Å². The minimum Gasteiger partial charge on any atom is -0.497 e. The van der Waals surface area contributed by atoms with Crippen LogP contribution in [0.4, 0.5) is 17.1 Å². The van der Waals surface area contributed by atoms with Gasteiger partial charge in [-0.1, -0.05) is 23.9 Å². The number of fused-ring (bicyclic) bond motifs is 1. The second-order valence-corrected chi connectivity index (χ2v) is 9.36. The first-order chi connectivity index (χ1) is 17.0. The Hall–Kier alpha value is -3.96. The van der Waals surface area contributed by atoms with Crippen LogP contribution in [0.5, 0.6) is 11.5 Å². The lowest BCUT2D eigenvalue weighted by Gasteiger charge is -2.11. The number of carbonyl (C=O) groups excluding carboxylic acids is 1. The van der Waals surface area contributed by atoms with E-state index in [9.17, 15) is 14.9 Å². The number of nitrogens with zero attached hydrogens (tertiary/aromatic N) is 3. The molecule has 0 bridgehead atoms. The Morgan fingerprint density at radius 1 is 1.17 bits per heavy atom. The Kier molecular flexibility index (Phi) is 7.58. The Morgan fingerprint density at radius 3 is 2.77 bits per heavy atom. The van der Waals surface area contributed by atoms with Crippen molar-refractivity contribution in [2.75, 3.05) is 25.3 Å². The molecule has 9 nitrogen and oxygen atoms in total. The standard InChI is InChI=1S/C24H20N4O5S2/c1-32-17-8-10-21(33-2)19(12-17)26-23(29)14-34-24-27-18-9-7-16(11-22(18)35-24)25-13-15-5-3-4-6-20(15)28(30)31/h3-13H,14H2,1-2H3,(H,26,29). The van der Waals surface area contributed by atoms with Crippen molar-refractivity contribution in [2.45, 2.75) is 4.34 Å². The van der Waals surface area contributed by atoms with E-state index in [1.165, 1.54) is 42.5 Å². The van der Waals surface area contributed by atoms with Crippen LogP contribution in [0.25, 0.3) is 10.2 Å². The number of rotatable bonds is 9. The van der Waals surface area contributed by atoms with Crippen LogP contribution in [0.2, 0.25) is 0 Å². The number of benzene rings is 3. The predicted octanol–water partition coefficient (Wildman–Crippen LogP) is 5.70. The van der Waals surface area contributed by atoms with Crippen LogP contribution >= 0.6 is 23.1 Å². The van der Waals surface area contributed by atoms with Gasteiger partial charge in [-0.2, -0.15) is 0 Å². The number of para-hydroxylation sites is 1. The molecule has 0 aliphatic heterocycles. The van der Waals surface area contributed by atoms with Gasteiger partial charge in [0.2, 0.25) is 5.91 Å². The molecule has 1 aromatic heterocycles. The number of nitrogens with one attached hydrogen (secondary N) is 1. The molecule has 1 amide bonds. The van der Waals surface area contributed by atoms with E-state index < -0.39 is 4.92 Å². The molecule has 0 saturated carbocycles. The van der Waals surface area contributed by atoms with Crippen LogP contribution in [0, 0.1) is 10.1 Å². The SMILES string of the molecule is COc1ccc(OC)c(NC(=O)CSc2nc3ccc(N=Cc4ccccc4[N+](=O)[O-])cc3s2)c1. The van der Waals surface area contributed by atoms with Gasteiger partial charge in [0.1, 0.15) is 11.5 Å². The molecule has 4 aromatic rings. The van der Waals surface area contributed by atoms with E-state index in [1.54, 1.807) is 49.6 Å². The number of amides is 1. The number of carbonyl (C=O) groups is 1. The molecule has 4 rings (SSSR count). The van der Waals surface area contributed by atoms with E-state index in [-0.39, 0.29) is 17.3 Å². The summed E-state index contributed by atoms with van der Waals surface area (Å²) in [5.41, 5.74) is 2.40. The largest absolute Gasteiger partial charge is 0.497 e. The minimum absolute atomic E-state index is 0.00125. The Balaban J connectivity index is 1.43. The molecule has 0 unspecified atom stereocenters. The van der Waals surface area contributed by atoms with Crippen molar-refractivity contribution in [2.24, 2.45) is 4.99 Å². The lowest BCUT2D eigenvalue weighted by Crippen LogP contribution is -2.14. The molecule has 0 aliphatic rings. The highest BCUT2D eigenvalue weighted by Gasteiger charge is 2.13. The van der Waals surface area contributed by atoms with Crippen LogP contribution in [0.3, 0.4) is 0 Å². The van der Waals surface area contributed by atoms with Gasteiger partial charge in [0.15, 0.2) is 4.34 Å². The highest BCUT2D eigenvalue weighted by molar-refractivity contribution is 8.01. The van der Waals surface area contributed by atoms with E-state index in [4.69, 9.17) is 9.47 Å². The fraction of sp³-hybridized carbons (Fsp3) is 0.125. The molecule has 0 fully saturated rings. The maximum Gasteiger partial charge on any atom is 0.278 e. The van der Waals surface area contributed by atoms with E-state index in [0.29, 0.717) is 28.4 Å². The van der Waals surface area contributed by atoms with Gasteiger partial charge in [0.25, 0.3) is 5.69 Å². The van der Waals surface area contributed by atoms with Gasteiger partial charge < -0.3 is 14.8 Å². The Labute approximate surface area is 209 Å². The van der Waals surface area contributed by atoms with Crippen molar-refractivity contribution in [3.63, 3.8) is 0 Å². The van der Waals surface area contributed by atoms with Crippen molar-refractivity contribution < 1.29 is 19.2 Å². The summed E-state index contributed by atoms with van der Waals surface area (Å²) < 4.78 is 12.1. The van der Waals surface area contributed by atoms with Crippen molar-refractivity contribution >= 4 is 62.5 Å². The second kappa shape index (κ2) is 11.0. The molecule has 0 saturated heterocycles. The summed E-state index contributed by atoms with van der Waals surface area (Å²) in [5, 5.41) is 14.0. The minimum atomic E-state index is -0.433. The highest BCUT2D eigenvalue weighted by Crippen LogP contribution is 2.33. The average molecular weight is 509 g/mol. The number of ether oxygens (including phenoxy) is 2. The zero-order chi connectivity index (χ0) is 24.8. The molecule has 0 spiro atoms. The number of thiazole rings is 1. The number of anilines is 1. The van der Waals surface area contributed by atoms with Crippen LogP contribution < -0.4 is 14.8 Å². The van der Waals surface area contributed by atoms with E-state index in [2.05, 4.69) is 15.3 Å². The summed E-state index contributed by atoms with van der Waals surface area (Å²) >= 11 is 2.78. The Morgan fingerprint density at radius 2 is 2.00 bits per heavy atom. The smallest absolute Gasteiger partial charge is 0.278 e. The zero-order valence-electron chi connectivity index (χ0n) is 18.8. The molecule has 0 radical (unpaired) electrons. The first-order valence-corrected chi connectivity index (χ1v) is 12.1. The first kappa shape index (κ1) is 24.2. The summed E-state index contributed by atoms with van der Waals surface area (Å²) in [6.07, 6.45) is 1.48. The highest BCUT2D eigenvalue weighted by atomic mass is 32.2. The van der Waals surface area contributed by atoms with Crippen LogP contribution in [-0.4, -0.2) is 42.0 Å². The molecular weight excluding hydrogens is 488 g/mol. The number of nitro benzene ring substituents is 1. The number of nitro groups is 1. The number of hydrogen-bond donors (Lipinski definition) is 1. The van der Waals surface area contributed by atoms with Gasteiger partial charge in [0, 0.05) is 18.3 Å². The summed E-state index contributed by atoms with van der Waals surface area (Å²) in [7, 11) is 3.09. The Bertz CT molecular complexity index is 1420. The third-order valence-corrected chi connectivity index (χ3v) is 7.01. The van der Waals surface area contributed by atoms with Crippen LogP contribution in [0.1, 0.15) is 5.56 Å². The monoisotopic (exact) mass is 508 g/mol. The van der Waals surface area contributed by atoms with Crippen molar-refractivity contribution in [1.82, 2.24) is 4.98 Å². The molecule has 0 atom stereocenters. The van der Waals surface area contributed by atoms with Gasteiger partial charge in [-0.25, -0.2) is 4.98 Å². The lowest BCUT2D eigenvalue weighted by atomic mass is 10.2. The van der Waals surface area contributed by atoms with E-state index in [1.807, 2.05) is 12.1 Å². The number of thioether (sulfide) groups is 1. The normalized spacial score (nSPS) is 11.0. The van der Waals surface area contributed by atoms with E-state index in [0.717, 1.165) is 14.6 Å². The number of aliphatic imine (C=N–C) groups is 1. The third-order valence-electron chi connectivity index (χ3n) is 4.85. The molecule has 35 heavy (non-hydrogen) atoms. The van der Waals surface area contributed by atoms with Crippen LogP contribution in [0.15, 0.2) is 70.0 Å². The fourth-order valence-electron chi connectivity index (χ4n) is 3.17. The molecular formula is C24H20N4O5S2. The fourth-order valence-corrected chi connectivity index (χ4v) is 5.07. The first-order valence-electron chi connectivity index (χ1n) is 10.3. The van der Waals surface area contributed by atoms with Gasteiger partial charge >= 0.3 is 0 Å². The zero-order valence-corrected chi connectivity index (χ0v) is 20.4. The average Bonchev–Trinajstić information content (AvgIpc) is 3.28. The van der Waals surface area contributed by atoms with Crippen molar-refractivity contribution in [1.29, 1.82) is 0 Å². The van der Waals surface area contributed by atoms with Gasteiger partial charge in [-0.15, -0.1) is 11.3 Å². The second-order valence-electron chi connectivity index (χ2n) is 7.11.